The fourth-order valence-corrected chi connectivity index (χ4v) is 14.0. The molecule has 2 aromatic carbocycles. The number of thioether (sulfide) groups is 4. The van der Waals surface area contributed by atoms with Gasteiger partial charge in [0.2, 0.25) is 0 Å². The summed E-state index contributed by atoms with van der Waals surface area (Å²) in [6.45, 7) is 10.6. The van der Waals surface area contributed by atoms with Gasteiger partial charge in [-0.05, 0) is 71.0 Å². The van der Waals surface area contributed by atoms with Crippen molar-refractivity contribution < 1.29 is 8.42 Å². The molecule has 5 nitrogen and oxygen atoms in total. The van der Waals surface area contributed by atoms with E-state index in [1.165, 1.54) is 41.7 Å². The van der Waals surface area contributed by atoms with Gasteiger partial charge in [0, 0.05) is 62.6 Å². The van der Waals surface area contributed by atoms with E-state index in [-0.39, 0.29) is 0 Å². The number of benzene rings is 2. The molecule has 0 amide bonds. The van der Waals surface area contributed by atoms with Crippen LogP contribution in [0.15, 0.2) is 93.9 Å². The number of fused-ring (bicyclic) bond motifs is 3. The Morgan fingerprint density at radius 3 is 1.47 bits per heavy atom. The van der Waals surface area contributed by atoms with Crippen LogP contribution in [-0.2, 0) is 10.0 Å². The van der Waals surface area contributed by atoms with E-state index in [1.807, 2.05) is 19.1 Å². The Kier molecular flexibility index (Phi) is 7.36. The average Bonchev–Trinajstić information content (AvgIpc) is 3.80. The summed E-state index contributed by atoms with van der Waals surface area (Å²) >= 11 is 10.4. The van der Waals surface area contributed by atoms with E-state index in [0.29, 0.717) is 4.90 Å². The Morgan fingerprint density at radius 1 is 0.600 bits per heavy atom. The summed E-state index contributed by atoms with van der Waals surface area (Å²) in [5.74, 6) is 0. The zero-order valence-corrected chi connectivity index (χ0v) is 30.5. The number of rotatable bonds is 4. The second-order valence-corrected chi connectivity index (χ2v) is 20.5. The quantitative estimate of drug-likeness (QED) is 0.178. The highest BCUT2D eigenvalue weighted by Gasteiger charge is 2.31. The maximum Gasteiger partial charge on any atom is 0.267 e. The van der Waals surface area contributed by atoms with Crippen molar-refractivity contribution in [2.45, 2.75) is 59.1 Å². The first-order valence-electron chi connectivity index (χ1n) is 14.0. The van der Waals surface area contributed by atoms with Gasteiger partial charge >= 0.3 is 0 Å². The number of aryl methyl sites for hydroxylation is 5. The monoisotopic (exact) mass is 719 g/mol. The van der Waals surface area contributed by atoms with Gasteiger partial charge in [0.15, 0.2) is 0 Å². The second kappa shape index (κ2) is 11.1. The molecule has 0 fully saturated rings. The van der Waals surface area contributed by atoms with Crippen molar-refractivity contribution in [2.75, 3.05) is 0 Å². The molecule has 45 heavy (non-hydrogen) atoms. The number of nitrogens with zero attached hydrogens (tertiary/aromatic N) is 3. The van der Waals surface area contributed by atoms with E-state index >= 15 is 0 Å². The molecule has 4 aromatic heterocycles. The lowest BCUT2D eigenvalue weighted by molar-refractivity contribution is 0.587. The minimum absolute atomic E-state index is 0.293. The second-order valence-electron chi connectivity index (χ2n) is 11.0. The van der Waals surface area contributed by atoms with Gasteiger partial charge in [-0.2, -0.15) is 0 Å². The van der Waals surface area contributed by atoms with Crippen LogP contribution in [0.3, 0.4) is 0 Å². The van der Waals surface area contributed by atoms with Crippen molar-refractivity contribution in [2.24, 2.45) is 0 Å². The Morgan fingerprint density at radius 2 is 1.04 bits per heavy atom. The summed E-state index contributed by atoms with van der Waals surface area (Å²) in [6, 6.07) is 15.8. The van der Waals surface area contributed by atoms with Crippen molar-refractivity contribution in [1.82, 2.24) is 13.9 Å². The normalized spacial score (nSPS) is 14.5. The van der Waals surface area contributed by atoms with Gasteiger partial charge in [-0.25, -0.2) is 22.4 Å². The first kappa shape index (κ1) is 29.9. The summed E-state index contributed by atoms with van der Waals surface area (Å²) in [7, 11) is -3.64. The smallest absolute Gasteiger partial charge is 0.247 e. The first-order chi connectivity index (χ1) is 21.5. The van der Waals surface area contributed by atoms with Crippen molar-refractivity contribution >= 4 is 90.8 Å². The Balaban J connectivity index is 1.14. The van der Waals surface area contributed by atoms with Crippen LogP contribution < -0.4 is 0 Å². The summed E-state index contributed by atoms with van der Waals surface area (Å²) in [5.41, 5.74) is 7.01. The number of hydrogen-bond donors (Lipinski definition) is 0. The zero-order valence-electron chi connectivity index (χ0n) is 24.8. The molecule has 6 heterocycles. The Bertz CT molecular complexity index is 2220. The van der Waals surface area contributed by atoms with Crippen LogP contribution in [0.2, 0.25) is 0 Å². The van der Waals surface area contributed by atoms with E-state index in [1.54, 1.807) is 94.2 Å². The van der Waals surface area contributed by atoms with Crippen LogP contribution in [0, 0.1) is 34.6 Å². The highest BCUT2D eigenvalue weighted by molar-refractivity contribution is 8.30. The molecule has 0 unspecified atom stereocenters. The lowest BCUT2D eigenvalue weighted by Crippen LogP contribution is -2.10. The lowest BCUT2D eigenvalue weighted by atomic mass is 10.0. The van der Waals surface area contributed by atoms with Crippen molar-refractivity contribution in [1.29, 1.82) is 0 Å². The van der Waals surface area contributed by atoms with Gasteiger partial charge in [0.05, 0.1) is 35.8 Å². The third-order valence-corrected chi connectivity index (χ3v) is 16.7. The van der Waals surface area contributed by atoms with Crippen LogP contribution in [-0.4, -0.2) is 22.4 Å². The van der Waals surface area contributed by atoms with Gasteiger partial charge < -0.3 is 0 Å². The number of hydrogen-bond acceptors (Lipinski definition) is 10. The topological polar surface area (TPSA) is 64.8 Å². The zero-order chi connectivity index (χ0) is 31.2. The van der Waals surface area contributed by atoms with E-state index in [9.17, 15) is 8.42 Å². The third-order valence-electron chi connectivity index (χ3n) is 7.63. The van der Waals surface area contributed by atoms with Crippen molar-refractivity contribution in [3.05, 3.63) is 94.5 Å². The molecule has 0 N–H and O–H groups in total. The lowest BCUT2D eigenvalue weighted by Gasteiger charge is -2.11. The highest BCUT2D eigenvalue weighted by Crippen LogP contribution is 2.62. The molecular weight excluding hydrogens is 695 g/mol. The fraction of sp³-hybridized carbons (Fsp3) is 0.152. The highest BCUT2D eigenvalue weighted by atomic mass is 32.2. The van der Waals surface area contributed by atoms with Crippen molar-refractivity contribution in [3.63, 3.8) is 0 Å². The predicted molar refractivity (Wildman–Crippen MR) is 194 cm³/mol. The molecule has 2 aliphatic rings. The van der Waals surface area contributed by atoms with Crippen LogP contribution >= 0.6 is 69.7 Å². The Hall–Kier alpha value is -2.45. The van der Waals surface area contributed by atoms with Gasteiger partial charge in [-0.15, -0.1) is 22.7 Å². The molecule has 2 aliphatic heterocycles. The van der Waals surface area contributed by atoms with Crippen LogP contribution in [0.25, 0.3) is 33.5 Å². The largest absolute Gasteiger partial charge is 0.267 e. The molecule has 0 atom stereocenters. The van der Waals surface area contributed by atoms with Crippen LogP contribution in [0.5, 0.6) is 0 Å². The molecule has 12 heteroatoms. The maximum absolute atomic E-state index is 13.2. The third kappa shape index (κ3) is 5.22. The summed E-state index contributed by atoms with van der Waals surface area (Å²) in [4.78, 5) is 20.1. The molecule has 0 spiro atoms. The van der Waals surface area contributed by atoms with Gasteiger partial charge in [0.1, 0.15) is 0 Å². The van der Waals surface area contributed by atoms with E-state index in [2.05, 4.69) is 52.0 Å². The standard InChI is InChI=1S/C33H25N3O2S7/c1-16-6-8-21(9-7-16)45(37,38)36-14-28-29(15-36)44-33(43-28)32-41-26-12-24-25(13-27(26)42-32)35-31(23-11-18(3)40-20(23)5)30(34-24)22-10-17(2)39-19(22)4/h6-15H,1-5H3. The fourth-order valence-electron chi connectivity index (χ4n) is 5.46. The van der Waals surface area contributed by atoms with Gasteiger partial charge in [-0.1, -0.05) is 64.7 Å². The SMILES string of the molecule is Cc1ccc(S(=O)(=O)n2cc3c(c2)SC(=C2Sc4cc5nc(-c6cc(C)sc6C)c(-c6cc(C)sc6C)nc5cc4S2)S3)cc1. The molecule has 0 saturated carbocycles. The summed E-state index contributed by atoms with van der Waals surface area (Å²) < 4.78 is 30.2. The van der Waals surface area contributed by atoms with Crippen molar-refractivity contribution in [3.8, 4) is 22.5 Å². The molecule has 0 bridgehead atoms. The molecule has 8 rings (SSSR count). The minimum atomic E-state index is -3.64. The number of thiophene rings is 2. The maximum atomic E-state index is 13.2. The molecule has 226 valence electrons. The summed E-state index contributed by atoms with van der Waals surface area (Å²) in [6.07, 6.45) is 3.47. The van der Waals surface area contributed by atoms with Crippen LogP contribution in [0.4, 0.5) is 0 Å². The van der Waals surface area contributed by atoms with E-state index < -0.39 is 10.0 Å². The van der Waals surface area contributed by atoms with E-state index in [4.69, 9.17) is 9.97 Å². The van der Waals surface area contributed by atoms with Gasteiger partial charge in [-0.3, -0.25) is 0 Å². The molecular formula is C33H25N3O2S7. The van der Waals surface area contributed by atoms with Crippen LogP contribution in [0.1, 0.15) is 25.1 Å². The summed E-state index contributed by atoms with van der Waals surface area (Å²) in [5, 5.41) is 0. The number of aromatic nitrogens is 3. The molecule has 6 aromatic rings. The molecule has 0 saturated heterocycles. The average molecular weight is 720 g/mol. The first-order valence-corrected chi connectivity index (χ1v) is 20.4. The molecule has 0 radical (unpaired) electrons. The van der Waals surface area contributed by atoms with Gasteiger partial charge in [0.25, 0.3) is 10.0 Å². The molecule has 0 aliphatic carbocycles. The predicted octanol–water partition coefficient (Wildman–Crippen LogP) is 10.9. The van der Waals surface area contributed by atoms with E-state index in [0.717, 1.165) is 48.9 Å². The Labute approximate surface area is 287 Å². The minimum Gasteiger partial charge on any atom is -0.247 e.